The molecule has 1 aliphatic heterocycles. The summed E-state index contributed by atoms with van der Waals surface area (Å²) in [7, 11) is 1.98. The standard InChI is InChI=1S/C13H24N2OS/c1-13(8-3-9-17-13)12(16)15(2)11-6-4-10(14)5-7-11/h10-11H,3-9,14H2,1-2H3. The van der Waals surface area contributed by atoms with E-state index in [0.717, 1.165) is 37.9 Å². The van der Waals surface area contributed by atoms with Gasteiger partial charge in [-0.05, 0) is 51.2 Å². The highest BCUT2D eigenvalue weighted by Crippen LogP contribution is 2.39. The molecule has 1 amide bonds. The summed E-state index contributed by atoms with van der Waals surface area (Å²) in [5.74, 6) is 1.46. The quantitative estimate of drug-likeness (QED) is 0.822. The maximum absolute atomic E-state index is 12.5. The average Bonchev–Trinajstić information content (AvgIpc) is 2.76. The van der Waals surface area contributed by atoms with Crippen LogP contribution in [0.15, 0.2) is 0 Å². The average molecular weight is 256 g/mol. The van der Waals surface area contributed by atoms with E-state index in [4.69, 9.17) is 5.73 Å². The van der Waals surface area contributed by atoms with Crippen LogP contribution in [-0.4, -0.2) is 40.4 Å². The lowest BCUT2D eigenvalue weighted by Crippen LogP contribution is -2.48. The highest BCUT2D eigenvalue weighted by molar-refractivity contribution is 8.01. The van der Waals surface area contributed by atoms with Crippen LogP contribution in [0.5, 0.6) is 0 Å². The summed E-state index contributed by atoms with van der Waals surface area (Å²) >= 11 is 1.83. The van der Waals surface area contributed by atoms with Gasteiger partial charge in [-0.15, -0.1) is 11.8 Å². The smallest absolute Gasteiger partial charge is 0.238 e. The summed E-state index contributed by atoms with van der Waals surface area (Å²) in [6, 6.07) is 0.770. The lowest BCUT2D eigenvalue weighted by molar-refractivity contribution is -0.134. The Balaban J connectivity index is 1.95. The number of hydrogen-bond acceptors (Lipinski definition) is 3. The summed E-state index contributed by atoms with van der Waals surface area (Å²) in [4.78, 5) is 14.5. The zero-order valence-electron chi connectivity index (χ0n) is 10.9. The van der Waals surface area contributed by atoms with Gasteiger partial charge in [0, 0.05) is 19.1 Å². The highest BCUT2D eigenvalue weighted by atomic mass is 32.2. The second-order valence-electron chi connectivity index (χ2n) is 5.67. The summed E-state index contributed by atoms with van der Waals surface area (Å²) in [6.45, 7) is 2.11. The first-order chi connectivity index (χ1) is 8.03. The predicted octanol–water partition coefficient (Wildman–Crippen LogP) is 2.00. The van der Waals surface area contributed by atoms with Crippen molar-refractivity contribution in [3.8, 4) is 0 Å². The second kappa shape index (κ2) is 5.19. The molecule has 2 fully saturated rings. The highest BCUT2D eigenvalue weighted by Gasteiger charge is 2.40. The number of amides is 1. The Labute approximate surface area is 108 Å². The maximum Gasteiger partial charge on any atom is 0.238 e. The summed E-state index contributed by atoms with van der Waals surface area (Å²) in [5.41, 5.74) is 5.91. The largest absolute Gasteiger partial charge is 0.342 e. The van der Waals surface area contributed by atoms with Gasteiger partial charge < -0.3 is 10.6 Å². The second-order valence-corrected chi connectivity index (χ2v) is 7.27. The van der Waals surface area contributed by atoms with E-state index >= 15 is 0 Å². The molecule has 0 aromatic heterocycles. The fourth-order valence-electron chi connectivity index (χ4n) is 2.98. The van der Waals surface area contributed by atoms with Crippen LogP contribution >= 0.6 is 11.8 Å². The fraction of sp³-hybridized carbons (Fsp3) is 0.923. The number of thioether (sulfide) groups is 1. The molecule has 1 heterocycles. The third-order valence-corrected chi connectivity index (χ3v) is 5.79. The van der Waals surface area contributed by atoms with E-state index in [1.807, 2.05) is 23.7 Å². The van der Waals surface area contributed by atoms with E-state index < -0.39 is 0 Å². The molecule has 1 saturated carbocycles. The van der Waals surface area contributed by atoms with Gasteiger partial charge in [0.2, 0.25) is 5.91 Å². The van der Waals surface area contributed by atoms with Crippen molar-refractivity contribution in [2.24, 2.45) is 5.73 Å². The molecule has 0 radical (unpaired) electrons. The van der Waals surface area contributed by atoms with Gasteiger partial charge in [-0.2, -0.15) is 0 Å². The minimum atomic E-state index is -0.158. The maximum atomic E-state index is 12.5. The monoisotopic (exact) mass is 256 g/mol. The SMILES string of the molecule is CN(C(=O)C1(C)CCCS1)C1CCC(N)CC1. The molecule has 17 heavy (non-hydrogen) atoms. The van der Waals surface area contributed by atoms with Crippen LogP contribution in [0.25, 0.3) is 0 Å². The number of hydrogen-bond donors (Lipinski definition) is 1. The molecule has 0 bridgehead atoms. The van der Waals surface area contributed by atoms with Crippen LogP contribution in [0.3, 0.4) is 0 Å². The van der Waals surface area contributed by atoms with Crippen LogP contribution in [0.1, 0.15) is 45.4 Å². The normalized spacial score (nSPS) is 38.1. The summed E-state index contributed by atoms with van der Waals surface area (Å²) in [5, 5.41) is 0. The minimum Gasteiger partial charge on any atom is -0.342 e. The van der Waals surface area contributed by atoms with Gasteiger partial charge in [0.25, 0.3) is 0 Å². The van der Waals surface area contributed by atoms with Crippen LogP contribution < -0.4 is 5.73 Å². The molecule has 2 aliphatic rings. The number of carbonyl (C=O) groups excluding carboxylic acids is 1. The van der Waals surface area contributed by atoms with E-state index in [1.54, 1.807) is 0 Å². The van der Waals surface area contributed by atoms with Crippen molar-refractivity contribution in [3.63, 3.8) is 0 Å². The minimum absolute atomic E-state index is 0.158. The molecule has 1 atom stereocenters. The number of carbonyl (C=O) groups is 1. The van der Waals surface area contributed by atoms with E-state index in [0.29, 0.717) is 18.0 Å². The number of rotatable bonds is 2. The van der Waals surface area contributed by atoms with Gasteiger partial charge in [-0.3, -0.25) is 4.79 Å². The molecule has 0 spiro atoms. The Morgan fingerprint density at radius 3 is 2.53 bits per heavy atom. The molecular weight excluding hydrogens is 232 g/mol. The molecule has 3 nitrogen and oxygen atoms in total. The van der Waals surface area contributed by atoms with Gasteiger partial charge in [0.1, 0.15) is 0 Å². The van der Waals surface area contributed by atoms with Crippen molar-refractivity contribution in [1.29, 1.82) is 0 Å². The van der Waals surface area contributed by atoms with Crippen molar-refractivity contribution in [2.75, 3.05) is 12.8 Å². The lowest BCUT2D eigenvalue weighted by atomic mass is 9.90. The fourth-order valence-corrected chi connectivity index (χ4v) is 4.27. The molecule has 98 valence electrons. The molecule has 1 saturated heterocycles. The number of nitrogens with two attached hydrogens (primary N) is 1. The Bertz CT molecular complexity index is 281. The first kappa shape index (κ1) is 13.2. The van der Waals surface area contributed by atoms with Crippen molar-refractivity contribution < 1.29 is 4.79 Å². The van der Waals surface area contributed by atoms with E-state index in [9.17, 15) is 4.79 Å². The first-order valence-corrected chi connectivity index (χ1v) is 7.68. The molecule has 0 aromatic rings. The summed E-state index contributed by atoms with van der Waals surface area (Å²) in [6.07, 6.45) is 6.48. The van der Waals surface area contributed by atoms with Crippen LogP contribution in [0.2, 0.25) is 0 Å². The van der Waals surface area contributed by atoms with Gasteiger partial charge >= 0.3 is 0 Å². The topological polar surface area (TPSA) is 46.3 Å². The van der Waals surface area contributed by atoms with Gasteiger partial charge in [0.15, 0.2) is 0 Å². The van der Waals surface area contributed by atoms with Crippen molar-refractivity contribution >= 4 is 17.7 Å². The summed E-state index contributed by atoms with van der Waals surface area (Å²) < 4.78 is -0.158. The first-order valence-electron chi connectivity index (χ1n) is 6.70. The molecule has 4 heteroatoms. The molecule has 2 N–H and O–H groups in total. The predicted molar refractivity (Wildman–Crippen MR) is 73.1 cm³/mol. The molecule has 1 unspecified atom stereocenters. The third-order valence-electron chi connectivity index (χ3n) is 4.28. The van der Waals surface area contributed by atoms with E-state index in [2.05, 4.69) is 6.92 Å². The van der Waals surface area contributed by atoms with Crippen molar-refractivity contribution in [2.45, 2.75) is 62.3 Å². The van der Waals surface area contributed by atoms with E-state index in [1.165, 1.54) is 6.42 Å². The third kappa shape index (κ3) is 2.79. The van der Waals surface area contributed by atoms with Crippen LogP contribution in [-0.2, 0) is 4.79 Å². The van der Waals surface area contributed by atoms with Gasteiger partial charge in [0.05, 0.1) is 4.75 Å². The van der Waals surface area contributed by atoms with Gasteiger partial charge in [-0.25, -0.2) is 0 Å². The van der Waals surface area contributed by atoms with Gasteiger partial charge in [-0.1, -0.05) is 0 Å². The van der Waals surface area contributed by atoms with E-state index in [-0.39, 0.29) is 4.75 Å². The zero-order chi connectivity index (χ0) is 12.5. The zero-order valence-corrected chi connectivity index (χ0v) is 11.8. The van der Waals surface area contributed by atoms with Crippen LogP contribution in [0, 0.1) is 0 Å². The number of nitrogens with zero attached hydrogens (tertiary/aromatic N) is 1. The molecule has 0 aromatic carbocycles. The Morgan fingerprint density at radius 1 is 1.35 bits per heavy atom. The molecular formula is C13H24N2OS. The molecule has 1 aliphatic carbocycles. The van der Waals surface area contributed by atoms with Crippen molar-refractivity contribution in [3.05, 3.63) is 0 Å². The van der Waals surface area contributed by atoms with Crippen LogP contribution in [0.4, 0.5) is 0 Å². The Hall–Kier alpha value is -0.220. The van der Waals surface area contributed by atoms with Crippen molar-refractivity contribution in [1.82, 2.24) is 4.90 Å². The Kier molecular flexibility index (Phi) is 4.03. The molecule has 2 rings (SSSR count). The lowest BCUT2D eigenvalue weighted by Gasteiger charge is -2.37. The Morgan fingerprint density at radius 2 is 2.00 bits per heavy atom.